The molecule has 0 bridgehead atoms. The molecular formula is C11H20. The maximum absolute atomic E-state index is 2.46. The first-order valence-corrected chi connectivity index (χ1v) is 5.26. The summed E-state index contributed by atoms with van der Waals surface area (Å²) in [6.45, 7) is 7.21. The van der Waals surface area contributed by atoms with Crippen LogP contribution in [0.2, 0.25) is 0 Å². The van der Waals surface area contributed by atoms with E-state index in [-0.39, 0.29) is 0 Å². The van der Waals surface area contributed by atoms with Crippen molar-refractivity contribution in [3.8, 4) is 0 Å². The fraction of sp³-hybridized carbons (Fsp3) is 1.00. The molecule has 0 heteroatoms. The minimum Gasteiger partial charge on any atom is -0.0651 e. The molecule has 0 radical (unpaired) electrons. The van der Waals surface area contributed by atoms with Gasteiger partial charge in [-0.1, -0.05) is 27.2 Å². The van der Waals surface area contributed by atoms with Gasteiger partial charge in [-0.25, -0.2) is 0 Å². The van der Waals surface area contributed by atoms with Gasteiger partial charge in [-0.3, -0.25) is 0 Å². The van der Waals surface area contributed by atoms with Crippen LogP contribution in [0.5, 0.6) is 0 Å². The lowest BCUT2D eigenvalue weighted by atomic mass is 9.95. The first-order chi connectivity index (χ1) is 5.26. The van der Waals surface area contributed by atoms with Crippen LogP contribution in [-0.2, 0) is 0 Å². The highest BCUT2D eigenvalue weighted by molar-refractivity contribution is 5.14. The molecule has 0 aromatic rings. The van der Waals surface area contributed by atoms with Crippen molar-refractivity contribution in [1.29, 1.82) is 0 Å². The van der Waals surface area contributed by atoms with Gasteiger partial charge in [0.25, 0.3) is 0 Å². The van der Waals surface area contributed by atoms with Crippen molar-refractivity contribution in [2.24, 2.45) is 23.2 Å². The van der Waals surface area contributed by atoms with E-state index >= 15 is 0 Å². The summed E-state index contributed by atoms with van der Waals surface area (Å²) in [6, 6.07) is 0. The molecule has 0 amide bonds. The van der Waals surface area contributed by atoms with Crippen molar-refractivity contribution in [1.82, 2.24) is 0 Å². The lowest BCUT2D eigenvalue weighted by Gasteiger charge is -2.10. The van der Waals surface area contributed by atoms with Crippen molar-refractivity contribution >= 4 is 0 Å². The second kappa shape index (κ2) is 2.24. The first kappa shape index (κ1) is 7.64. The van der Waals surface area contributed by atoms with Gasteiger partial charge in [-0.2, -0.15) is 0 Å². The van der Waals surface area contributed by atoms with Gasteiger partial charge in [0.2, 0.25) is 0 Å². The number of rotatable bonds is 2. The number of hydrogen-bond donors (Lipinski definition) is 0. The zero-order valence-electron chi connectivity index (χ0n) is 8.06. The molecule has 4 unspecified atom stereocenters. The summed E-state index contributed by atoms with van der Waals surface area (Å²) in [5.74, 6) is 3.27. The van der Waals surface area contributed by atoms with Gasteiger partial charge in [0.15, 0.2) is 0 Å². The third-order valence-electron chi connectivity index (χ3n) is 4.50. The average Bonchev–Trinajstić information content (AvgIpc) is 2.58. The molecule has 2 aliphatic carbocycles. The Morgan fingerprint density at radius 1 is 1.36 bits per heavy atom. The van der Waals surface area contributed by atoms with Crippen LogP contribution in [-0.4, -0.2) is 0 Å². The minimum atomic E-state index is 0.841. The lowest BCUT2D eigenvalue weighted by Crippen LogP contribution is -1.99. The van der Waals surface area contributed by atoms with Crippen molar-refractivity contribution < 1.29 is 0 Å². The van der Waals surface area contributed by atoms with Crippen molar-refractivity contribution in [2.75, 3.05) is 0 Å². The van der Waals surface area contributed by atoms with Crippen LogP contribution in [0, 0.1) is 23.2 Å². The van der Waals surface area contributed by atoms with Crippen LogP contribution < -0.4 is 0 Å². The highest BCUT2D eigenvalue weighted by Gasteiger charge is 2.66. The van der Waals surface area contributed by atoms with Gasteiger partial charge >= 0.3 is 0 Å². The van der Waals surface area contributed by atoms with E-state index in [0.717, 1.165) is 23.2 Å². The Bertz CT molecular complexity index is 161. The van der Waals surface area contributed by atoms with Crippen LogP contribution >= 0.6 is 0 Å². The first-order valence-electron chi connectivity index (χ1n) is 5.26. The van der Waals surface area contributed by atoms with Gasteiger partial charge in [-0.15, -0.1) is 0 Å². The summed E-state index contributed by atoms with van der Waals surface area (Å²) < 4.78 is 0. The van der Waals surface area contributed by atoms with Crippen LogP contribution in [0.25, 0.3) is 0 Å². The highest BCUT2D eigenvalue weighted by Crippen LogP contribution is 2.73. The molecule has 64 valence electrons. The van der Waals surface area contributed by atoms with E-state index in [9.17, 15) is 0 Å². The second-order valence-corrected chi connectivity index (χ2v) is 4.64. The number of hydrogen-bond acceptors (Lipinski definition) is 0. The van der Waals surface area contributed by atoms with Crippen molar-refractivity contribution in [2.45, 2.75) is 46.5 Å². The summed E-state index contributed by atoms with van der Waals surface area (Å²) in [5.41, 5.74) is 0.841. The zero-order chi connectivity index (χ0) is 8.06. The second-order valence-electron chi connectivity index (χ2n) is 4.64. The van der Waals surface area contributed by atoms with Gasteiger partial charge in [0.1, 0.15) is 0 Å². The minimum absolute atomic E-state index is 0.841. The van der Waals surface area contributed by atoms with E-state index in [2.05, 4.69) is 20.8 Å². The summed E-state index contributed by atoms with van der Waals surface area (Å²) >= 11 is 0. The van der Waals surface area contributed by atoms with Crippen LogP contribution in [0.4, 0.5) is 0 Å². The van der Waals surface area contributed by atoms with Gasteiger partial charge in [-0.05, 0) is 42.4 Å². The average molecular weight is 152 g/mol. The molecule has 4 atom stereocenters. The lowest BCUT2D eigenvalue weighted by molar-refractivity contribution is 0.403. The molecule has 0 aromatic carbocycles. The van der Waals surface area contributed by atoms with Gasteiger partial charge in [0.05, 0.1) is 0 Å². The van der Waals surface area contributed by atoms with Gasteiger partial charge < -0.3 is 0 Å². The van der Waals surface area contributed by atoms with E-state index in [0.29, 0.717) is 0 Å². The number of fused-ring (bicyclic) bond motifs is 1. The molecule has 0 aliphatic heterocycles. The summed E-state index contributed by atoms with van der Waals surface area (Å²) in [5, 5.41) is 0. The normalized spacial score (nSPS) is 54.3. The molecule has 2 aliphatic rings. The molecule has 0 spiro atoms. The summed E-state index contributed by atoms with van der Waals surface area (Å²) in [4.78, 5) is 0. The van der Waals surface area contributed by atoms with Gasteiger partial charge in [0, 0.05) is 0 Å². The Labute approximate surface area is 70.4 Å². The van der Waals surface area contributed by atoms with E-state index < -0.39 is 0 Å². The van der Waals surface area contributed by atoms with Crippen LogP contribution in [0.1, 0.15) is 46.5 Å². The fourth-order valence-corrected chi connectivity index (χ4v) is 3.94. The SMILES string of the molecule is CCC1C2C(C)CCC12CC. The molecule has 0 nitrogen and oxygen atoms in total. The standard InChI is InChI=1S/C11H20/c1-4-9-10-8(3)6-7-11(9,10)5-2/h8-10H,4-7H2,1-3H3. The molecule has 11 heavy (non-hydrogen) atoms. The largest absolute Gasteiger partial charge is 0.0651 e. The van der Waals surface area contributed by atoms with Crippen molar-refractivity contribution in [3.63, 3.8) is 0 Å². The maximum atomic E-state index is 2.46. The van der Waals surface area contributed by atoms with Crippen molar-refractivity contribution in [3.05, 3.63) is 0 Å². The zero-order valence-corrected chi connectivity index (χ0v) is 8.06. The van der Waals surface area contributed by atoms with Crippen LogP contribution in [0.15, 0.2) is 0 Å². The molecule has 2 fully saturated rings. The maximum Gasteiger partial charge on any atom is -0.0235 e. The Kier molecular flexibility index (Phi) is 1.56. The third-order valence-corrected chi connectivity index (χ3v) is 4.50. The molecule has 0 aromatic heterocycles. The van der Waals surface area contributed by atoms with E-state index in [4.69, 9.17) is 0 Å². The molecule has 2 saturated carbocycles. The molecule has 0 heterocycles. The summed E-state index contributed by atoms with van der Waals surface area (Å²) in [7, 11) is 0. The Morgan fingerprint density at radius 3 is 2.45 bits per heavy atom. The Balaban J connectivity index is 2.11. The predicted octanol–water partition coefficient (Wildman–Crippen LogP) is 3.47. The smallest absolute Gasteiger partial charge is 0.0235 e. The topological polar surface area (TPSA) is 0 Å². The molecule has 0 saturated heterocycles. The molecule has 0 N–H and O–H groups in total. The fourth-order valence-electron chi connectivity index (χ4n) is 3.94. The van der Waals surface area contributed by atoms with E-state index in [1.807, 2.05) is 0 Å². The Hall–Kier alpha value is 0. The monoisotopic (exact) mass is 152 g/mol. The quantitative estimate of drug-likeness (QED) is 0.568. The summed E-state index contributed by atoms with van der Waals surface area (Å²) in [6.07, 6.45) is 5.92. The molecular weight excluding hydrogens is 132 g/mol. The van der Waals surface area contributed by atoms with E-state index in [1.54, 1.807) is 0 Å². The molecule has 2 rings (SSSR count). The van der Waals surface area contributed by atoms with Crippen LogP contribution in [0.3, 0.4) is 0 Å². The third kappa shape index (κ3) is 0.761. The Morgan fingerprint density at radius 2 is 2.09 bits per heavy atom. The predicted molar refractivity (Wildman–Crippen MR) is 48.4 cm³/mol. The van der Waals surface area contributed by atoms with E-state index in [1.165, 1.54) is 25.7 Å². The highest BCUT2D eigenvalue weighted by atomic mass is 14.7.